The minimum Gasteiger partial charge on any atom is -0.326 e. The summed E-state index contributed by atoms with van der Waals surface area (Å²) in [4.78, 5) is -0.165. The van der Waals surface area contributed by atoms with Crippen molar-refractivity contribution in [1.82, 2.24) is 0 Å². The third kappa shape index (κ3) is 2.48. The molecule has 15 heavy (non-hydrogen) atoms. The molecule has 0 aliphatic heterocycles. The second-order valence-electron chi connectivity index (χ2n) is 3.03. The van der Waals surface area contributed by atoms with E-state index in [4.69, 9.17) is 21.7 Å². The Morgan fingerprint density at radius 2 is 2.13 bits per heavy atom. The number of hydrogen-bond donors (Lipinski definition) is 1. The number of nitrogens with two attached hydrogens (primary N) is 1. The van der Waals surface area contributed by atoms with Crippen molar-refractivity contribution >= 4 is 19.7 Å². The van der Waals surface area contributed by atoms with Crippen molar-refractivity contribution in [2.45, 2.75) is 18.4 Å². The molecule has 0 heterocycles. The Morgan fingerprint density at radius 1 is 1.53 bits per heavy atom. The summed E-state index contributed by atoms with van der Waals surface area (Å²) >= 11 is 0. The maximum absolute atomic E-state index is 11.1. The van der Waals surface area contributed by atoms with Crippen LogP contribution in [0.5, 0.6) is 0 Å². The molecule has 80 valence electrons. The Labute approximate surface area is 92.7 Å². The number of nitrogens with zero attached hydrogens (tertiary/aromatic N) is 1. The zero-order valence-corrected chi connectivity index (χ0v) is 9.56. The molecule has 1 aromatic rings. The minimum absolute atomic E-state index is 0.0241. The largest absolute Gasteiger partial charge is 0.326 e. The van der Waals surface area contributed by atoms with Gasteiger partial charge in [0.05, 0.1) is 5.56 Å². The molecular formula is C9H9ClN2O2S. The van der Waals surface area contributed by atoms with Crippen LogP contribution in [0, 0.1) is 18.3 Å². The molecule has 6 heteroatoms. The van der Waals surface area contributed by atoms with E-state index in [0.29, 0.717) is 5.56 Å². The van der Waals surface area contributed by atoms with Crippen molar-refractivity contribution in [3.8, 4) is 6.07 Å². The number of halogens is 1. The molecule has 1 aromatic carbocycles. The molecule has 0 atom stereocenters. The van der Waals surface area contributed by atoms with Gasteiger partial charge >= 0.3 is 0 Å². The van der Waals surface area contributed by atoms with Crippen molar-refractivity contribution < 1.29 is 8.42 Å². The van der Waals surface area contributed by atoms with Crippen molar-refractivity contribution in [3.05, 3.63) is 28.8 Å². The van der Waals surface area contributed by atoms with Gasteiger partial charge in [0.1, 0.15) is 11.0 Å². The molecule has 0 aromatic heterocycles. The Balaban J connectivity index is 3.57. The molecule has 2 N–H and O–H groups in total. The van der Waals surface area contributed by atoms with Gasteiger partial charge in [0.15, 0.2) is 0 Å². The predicted molar refractivity (Wildman–Crippen MR) is 56.8 cm³/mol. The highest BCUT2D eigenvalue weighted by molar-refractivity contribution is 8.13. The number of nitriles is 1. The fourth-order valence-electron chi connectivity index (χ4n) is 1.24. The van der Waals surface area contributed by atoms with E-state index in [0.717, 1.165) is 5.56 Å². The average Bonchev–Trinajstić information content (AvgIpc) is 2.16. The Morgan fingerprint density at radius 3 is 2.53 bits per heavy atom. The molecule has 0 unspecified atom stereocenters. The lowest BCUT2D eigenvalue weighted by molar-refractivity contribution is 0.609. The van der Waals surface area contributed by atoms with Crippen LogP contribution in [0.15, 0.2) is 17.0 Å². The first-order chi connectivity index (χ1) is 6.90. The van der Waals surface area contributed by atoms with Gasteiger partial charge in [0.25, 0.3) is 9.05 Å². The van der Waals surface area contributed by atoms with E-state index >= 15 is 0 Å². The van der Waals surface area contributed by atoms with E-state index < -0.39 is 9.05 Å². The molecule has 0 saturated heterocycles. The second kappa shape index (κ2) is 4.19. The van der Waals surface area contributed by atoms with E-state index in [1.54, 1.807) is 13.0 Å². The van der Waals surface area contributed by atoms with Gasteiger partial charge in [-0.1, -0.05) is 0 Å². The van der Waals surface area contributed by atoms with Crippen molar-refractivity contribution in [3.63, 3.8) is 0 Å². The molecule has 0 bridgehead atoms. The highest BCUT2D eigenvalue weighted by Gasteiger charge is 2.17. The summed E-state index contributed by atoms with van der Waals surface area (Å²) in [6.07, 6.45) is 0. The van der Waals surface area contributed by atoms with Crippen LogP contribution in [0.3, 0.4) is 0 Å². The van der Waals surface area contributed by atoms with E-state index in [-0.39, 0.29) is 17.0 Å². The number of aryl methyl sites for hydroxylation is 1. The summed E-state index contributed by atoms with van der Waals surface area (Å²) in [6, 6.07) is 4.60. The van der Waals surface area contributed by atoms with Gasteiger partial charge < -0.3 is 5.73 Å². The van der Waals surface area contributed by atoms with E-state index in [2.05, 4.69) is 0 Å². The number of hydrogen-bond acceptors (Lipinski definition) is 4. The average molecular weight is 245 g/mol. The lowest BCUT2D eigenvalue weighted by Crippen LogP contribution is -2.03. The number of rotatable bonds is 2. The first-order valence-electron chi connectivity index (χ1n) is 4.08. The third-order valence-electron chi connectivity index (χ3n) is 2.04. The zero-order valence-electron chi connectivity index (χ0n) is 7.99. The third-order valence-corrected chi connectivity index (χ3v) is 3.40. The monoisotopic (exact) mass is 244 g/mol. The normalized spacial score (nSPS) is 11.1. The van der Waals surface area contributed by atoms with Gasteiger partial charge in [-0.15, -0.1) is 0 Å². The molecule has 0 fully saturated rings. The van der Waals surface area contributed by atoms with Crippen LogP contribution in [0.2, 0.25) is 0 Å². The Hall–Kier alpha value is -1.09. The SMILES string of the molecule is Cc1cc(S(=O)(=O)Cl)c(C#N)cc1CN. The first kappa shape index (κ1) is 12.0. The van der Waals surface area contributed by atoms with Crippen LogP contribution >= 0.6 is 10.7 Å². The molecule has 4 nitrogen and oxygen atoms in total. The van der Waals surface area contributed by atoms with Gasteiger partial charge in [-0.25, -0.2) is 8.42 Å². The summed E-state index contributed by atoms with van der Waals surface area (Å²) in [5.41, 5.74) is 6.90. The van der Waals surface area contributed by atoms with Crippen LogP contribution in [0.25, 0.3) is 0 Å². The molecule has 0 saturated carbocycles. The van der Waals surface area contributed by atoms with E-state index in [9.17, 15) is 8.42 Å². The smallest absolute Gasteiger partial charge is 0.262 e. The minimum atomic E-state index is -3.88. The summed E-state index contributed by atoms with van der Waals surface area (Å²) < 4.78 is 22.3. The van der Waals surface area contributed by atoms with Gasteiger partial charge in [-0.05, 0) is 30.2 Å². The highest BCUT2D eigenvalue weighted by Crippen LogP contribution is 2.23. The maximum Gasteiger partial charge on any atom is 0.262 e. The highest BCUT2D eigenvalue weighted by atomic mass is 35.7. The first-order valence-corrected chi connectivity index (χ1v) is 6.39. The summed E-state index contributed by atoms with van der Waals surface area (Å²) in [7, 11) is 1.32. The van der Waals surface area contributed by atoms with Crippen LogP contribution < -0.4 is 5.73 Å². The van der Waals surface area contributed by atoms with Crippen molar-refractivity contribution in [2.75, 3.05) is 0 Å². The lowest BCUT2D eigenvalue weighted by atomic mass is 10.1. The van der Waals surface area contributed by atoms with Crippen molar-refractivity contribution in [1.29, 1.82) is 5.26 Å². The van der Waals surface area contributed by atoms with E-state index in [1.807, 2.05) is 0 Å². The fraction of sp³-hybridized carbons (Fsp3) is 0.222. The van der Waals surface area contributed by atoms with Crippen LogP contribution in [0.4, 0.5) is 0 Å². The van der Waals surface area contributed by atoms with Gasteiger partial charge in [-0.2, -0.15) is 5.26 Å². The molecule has 1 rings (SSSR count). The van der Waals surface area contributed by atoms with Crippen LogP contribution in [-0.2, 0) is 15.6 Å². The number of benzene rings is 1. The molecule has 0 radical (unpaired) electrons. The summed E-state index contributed by atoms with van der Waals surface area (Å²) in [6.45, 7) is 1.97. The maximum atomic E-state index is 11.1. The Bertz CT molecular complexity index is 532. The van der Waals surface area contributed by atoms with Crippen molar-refractivity contribution in [2.24, 2.45) is 5.73 Å². The quantitative estimate of drug-likeness (QED) is 0.794. The molecule has 0 amide bonds. The predicted octanol–water partition coefficient (Wildman–Crippen LogP) is 1.25. The topological polar surface area (TPSA) is 84.0 Å². The fourth-order valence-corrected chi connectivity index (χ4v) is 2.30. The molecular weight excluding hydrogens is 236 g/mol. The second-order valence-corrected chi connectivity index (χ2v) is 5.56. The van der Waals surface area contributed by atoms with E-state index in [1.165, 1.54) is 12.1 Å². The molecule has 0 spiro atoms. The standard InChI is InChI=1S/C9H9ClN2O2S/c1-6-2-9(15(10,13)14)8(5-12)3-7(6)4-11/h2-3H,4,11H2,1H3. The lowest BCUT2D eigenvalue weighted by Gasteiger charge is -2.06. The van der Waals surface area contributed by atoms with Gasteiger partial charge in [0, 0.05) is 17.2 Å². The molecule has 0 aliphatic rings. The van der Waals surface area contributed by atoms with Gasteiger partial charge in [-0.3, -0.25) is 0 Å². The van der Waals surface area contributed by atoms with Gasteiger partial charge in [0.2, 0.25) is 0 Å². The van der Waals surface area contributed by atoms with Crippen LogP contribution in [-0.4, -0.2) is 8.42 Å². The summed E-state index contributed by atoms with van der Waals surface area (Å²) in [5, 5.41) is 8.78. The Kier molecular flexibility index (Phi) is 3.35. The zero-order chi connectivity index (χ0) is 11.6. The van der Waals surface area contributed by atoms with Crippen LogP contribution in [0.1, 0.15) is 16.7 Å². The molecule has 0 aliphatic carbocycles. The summed E-state index contributed by atoms with van der Waals surface area (Å²) in [5.74, 6) is 0.